The Morgan fingerprint density at radius 2 is 1.73 bits per heavy atom. The van der Waals surface area contributed by atoms with Gasteiger partial charge in [-0.15, -0.1) is 0 Å². The number of hydrogen-bond donors (Lipinski definition) is 1. The van der Waals surface area contributed by atoms with Gasteiger partial charge in [0.1, 0.15) is 0 Å². The molecule has 0 saturated carbocycles. The number of nitrogens with zero attached hydrogens (tertiary/aromatic N) is 3. The van der Waals surface area contributed by atoms with E-state index in [0.29, 0.717) is 22.7 Å². The predicted molar refractivity (Wildman–Crippen MR) is 116 cm³/mol. The van der Waals surface area contributed by atoms with E-state index < -0.39 is 4.92 Å². The van der Waals surface area contributed by atoms with Gasteiger partial charge in [0, 0.05) is 41.5 Å². The molecule has 1 aliphatic rings. The van der Waals surface area contributed by atoms with E-state index in [0.717, 1.165) is 17.8 Å². The van der Waals surface area contributed by atoms with Crippen molar-refractivity contribution >= 4 is 35.1 Å². The fourth-order valence-corrected chi connectivity index (χ4v) is 3.41. The number of fused-ring (bicyclic) bond motifs is 1. The fourth-order valence-electron chi connectivity index (χ4n) is 3.28. The number of halogens is 1. The number of nitro benzene ring substituents is 1. The maximum absolute atomic E-state index is 12.4. The van der Waals surface area contributed by atoms with Crippen molar-refractivity contribution in [3.63, 3.8) is 0 Å². The molecule has 150 valence electrons. The number of nitrogens with one attached hydrogen (secondary N) is 1. The highest BCUT2D eigenvalue weighted by Gasteiger charge is 2.20. The third-order valence-corrected chi connectivity index (χ3v) is 5.12. The molecular formula is C22H17ClN4O3. The molecule has 3 aromatic carbocycles. The van der Waals surface area contributed by atoms with Gasteiger partial charge in [0.25, 0.3) is 11.6 Å². The number of non-ortho nitro benzene ring substituents is 1. The second-order valence-corrected chi connectivity index (χ2v) is 7.30. The summed E-state index contributed by atoms with van der Waals surface area (Å²) in [6.45, 7) is 1.49. The van der Waals surface area contributed by atoms with Gasteiger partial charge in [0.15, 0.2) is 0 Å². The molecule has 0 spiro atoms. The number of hydrogen-bond acceptors (Lipinski definition) is 5. The molecule has 1 aliphatic heterocycles. The fraction of sp³-hybridized carbons (Fsp3) is 0.0909. The molecular weight excluding hydrogens is 404 g/mol. The van der Waals surface area contributed by atoms with Crippen LogP contribution in [0.2, 0.25) is 5.02 Å². The first kappa shape index (κ1) is 19.6. The minimum atomic E-state index is -0.468. The minimum Gasteiger partial charge on any atom is -0.363 e. The maximum atomic E-state index is 12.4. The molecule has 0 saturated heterocycles. The van der Waals surface area contributed by atoms with Gasteiger partial charge in [-0.25, -0.2) is 5.43 Å². The number of benzene rings is 3. The second kappa shape index (κ2) is 8.34. The van der Waals surface area contributed by atoms with Crippen LogP contribution in [0.5, 0.6) is 0 Å². The Morgan fingerprint density at radius 3 is 2.43 bits per heavy atom. The standard InChI is InChI=1S/C22H17ClN4O3/c23-19-5-9-20(10-6-19)26-13-17-4-3-16(11-18(17)14-26)22(28)25-24-12-15-1-7-21(8-2-15)27(29)30/h1-12H,13-14H2,(H,25,28)/b24-12+. The van der Waals surface area contributed by atoms with Crippen molar-refractivity contribution in [1.82, 2.24) is 5.43 Å². The summed E-state index contributed by atoms with van der Waals surface area (Å²) in [6, 6.07) is 19.2. The van der Waals surface area contributed by atoms with Gasteiger partial charge < -0.3 is 4.90 Å². The average molecular weight is 421 g/mol. The third kappa shape index (κ3) is 4.31. The third-order valence-electron chi connectivity index (χ3n) is 4.87. The zero-order valence-electron chi connectivity index (χ0n) is 15.8. The van der Waals surface area contributed by atoms with E-state index in [1.807, 2.05) is 36.4 Å². The first-order chi connectivity index (χ1) is 14.5. The van der Waals surface area contributed by atoms with E-state index in [2.05, 4.69) is 15.4 Å². The Morgan fingerprint density at radius 1 is 1.03 bits per heavy atom. The van der Waals surface area contributed by atoms with Gasteiger partial charge in [0.05, 0.1) is 11.1 Å². The van der Waals surface area contributed by atoms with Crippen LogP contribution in [0.1, 0.15) is 27.0 Å². The molecule has 0 unspecified atom stereocenters. The van der Waals surface area contributed by atoms with Crippen LogP contribution >= 0.6 is 11.6 Å². The lowest BCUT2D eigenvalue weighted by molar-refractivity contribution is -0.384. The van der Waals surface area contributed by atoms with Crippen LogP contribution in [-0.2, 0) is 13.1 Å². The van der Waals surface area contributed by atoms with Crippen molar-refractivity contribution in [1.29, 1.82) is 0 Å². The molecule has 3 aromatic rings. The number of carbonyl (C=O) groups excluding carboxylic acids is 1. The van der Waals surface area contributed by atoms with Crippen LogP contribution in [0, 0.1) is 10.1 Å². The van der Waals surface area contributed by atoms with Crippen molar-refractivity contribution in [3.05, 3.63) is 104 Å². The first-order valence-electron chi connectivity index (χ1n) is 9.20. The van der Waals surface area contributed by atoms with Gasteiger partial charge in [-0.1, -0.05) is 17.7 Å². The van der Waals surface area contributed by atoms with E-state index in [1.54, 1.807) is 18.2 Å². The quantitative estimate of drug-likeness (QED) is 0.373. The van der Waals surface area contributed by atoms with Gasteiger partial charge in [-0.2, -0.15) is 5.10 Å². The minimum absolute atomic E-state index is 0.00182. The molecule has 7 nitrogen and oxygen atoms in total. The molecule has 1 heterocycles. The summed E-state index contributed by atoms with van der Waals surface area (Å²) >= 11 is 5.96. The highest BCUT2D eigenvalue weighted by atomic mass is 35.5. The molecule has 4 rings (SSSR count). The summed E-state index contributed by atoms with van der Waals surface area (Å²) in [5, 5.41) is 15.3. The zero-order chi connectivity index (χ0) is 21.1. The largest absolute Gasteiger partial charge is 0.363 e. The summed E-state index contributed by atoms with van der Waals surface area (Å²) in [6.07, 6.45) is 1.44. The van der Waals surface area contributed by atoms with Crippen molar-refractivity contribution in [2.75, 3.05) is 4.90 Å². The lowest BCUT2D eigenvalue weighted by Crippen LogP contribution is -2.17. The average Bonchev–Trinajstić information content (AvgIpc) is 3.18. The molecule has 1 N–H and O–H groups in total. The van der Waals surface area contributed by atoms with Crippen molar-refractivity contribution in [2.24, 2.45) is 5.10 Å². The molecule has 1 amide bonds. The second-order valence-electron chi connectivity index (χ2n) is 6.86. The number of rotatable bonds is 5. The summed E-state index contributed by atoms with van der Waals surface area (Å²) in [5.41, 5.74) is 7.01. The van der Waals surface area contributed by atoms with E-state index in [-0.39, 0.29) is 11.6 Å². The molecule has 30 heavy (non-hydrogen) atoms. The number of amides is 1. The van der Waals surface area contributed by atoms with Crippen molar-refractivity contribution in [2.45, 2.75) is 13.1 Å². The van der Waals surface area contributed by atoms with Crippen molar-refractivity contribution in [3.8, 4) is 0 Å². The van der Waals surface area contributed by atoms with Crippen LogP contribution in [0.4, 0.5) is 11.4 Å². The Bertz CT molecular complexity index is 1130. The maximum Gasteiger partial charge on any atom is 0.271 e. The van der Waals surface area contributed by atoms with Crippen molar-refractivity contribution < 1.29 is 9.72 Å². The van der Waals surface area contributed by atoms with Gasteiger partial charge >= 0.3 is 0 Å². The van der Waals surface area contributed by atoms with Crippen LogP contribution in [-0.4, -0.2) is 17.0 Å². The molecule has 8 heteroatoms. The van der Waals surface area contributed by atoms with Crippen LogP contribution < -0.4 is 10.3 Å². The van der Waals surface area contributed by atoms with Gasteiger partial charge in [-0.05, 0) is 65.2 Å². The molecule has 0 radical (unpaired) electrons. The highest BCUT2D eigenvalue weighted by molar-refractivity contribution is 6.30. The molecule has 0 aromatic heterocycles. The predicted octanol–water partition coefficient (Wildman–Crippen LogP) is 4.53. The van der Waals surface area contributed by atoms with E-state index in [1.165, 1.54) is 23.9 Å². The van der Waals surface area contributed by atoms with E-state index in [4.69, 9.17) is 11.6 Å². The lowest BCUT2D eigenvalue weighted by atomic mass is 10.1. The molecule has 0 fully saturated rings. The summed E-state index contributed by atoms with van der Waals surface area (Å²) < 4.78 is 0. The summed E-state index contributed by atoms with van der Waals surface area (Å²) in [7, 11) is 0. The number of nitro groups is 1. The van der Waals surface area contributed by atoms with Crippen LogP contribution in [0.25, 0.3) is 0 Å². The monoisotopic (exact) mass is 420 g/mol. The van der Waals surface area contributed by atoms with E-state index >= 15 is 0 Å². The van der Waals surface area contributed by atoms with Gasteiger partial charge in [-0.3, -0.25) is 14.9 Å². The topological polar surface area (TPSA) is 87.8 Å². The van der Waals surface area contributed by atoms with Crippen LogP contribution in [0.3, 0.4) is 0 Å². The number of hydrazone groups is 1. The Kier molecular flexibility index (Phi) is 5.45. The summed E-state index contributed by atoms with van der Waals surface area (Å²) in [5.74, 6) is -0.319. The van der Waals surface area contributed by atoms with Crippen LogP contribution in [0.15, 0.2) is 71.8 Å². The Labute approximate surface area is 177 Å². The Hall–Kier alpha value is -3.71. The number of anilines is 1. The normalized spacial score (nSPS) is 12.8. The highest BCUT2D eigenvalue weighted by Crippen LogP contribution is 2.29. The number of carbonyl (C=O) groups is 1. The molecule has 0 atom stereocenters. The van der Waals surface area contributed by atoms with E-state index in [9.17, 15) is 14.9 Å². The van der Waals surface area contributed by atoms with Gasteiger partial charge in [0.2, 0.25) is 0 Å². The first-order valence-corrected chi connectivity index (χ1v) is 9.57. The summed E-state index contributed by atoms with van der Waals surface area (Å²) in [4.78, 5) is 24.8. The molecule has 0 aliphatic carbocycles. The SMILES string of the molecule is O=C(N/N=C/c1ccc([N+](=O)[O-])cc1)c1ccc2c(c1)CN(c1ccc(Cl)cc1)C2. The zero-order valence-corrected chi connectivity index (χ0v) is 16.5. The lowest BCUT2D eigenvalue weighted by Gasteiger charge is -2.17. The molecule has 0 bridgehead atoms. The Balaban J connectivity index is 1.40. The smallest absolute Gasteiger partial charge is 0.271 e.